The third-order valence-electron chi connectivity index (χ3n) is 3.47. The number of fused-ring (bicyclic) bond motifs is 1. The van der Waals surface area contributed by atoms with Crippen LogP contribution < -0.4 is 5.32 Å². The summed E-state index contributed by atoms with van der Waals surface area (Å²) < 4.78 is 5.60. The summed E-state index contributed by atoms with van der Waals surface area (Å²) in [6.45, 7) is 1.91. The van der Waals surface area contributed by atoms with Crippen molar-refractivity contribution in [3.8, 4) is 0 Å². The normalized spacial score (nSPS) is 18.6. The average molecular weight is 216 g/mol. The van der Waals surface area contributed by atoms with Crippen molar-refractivity contribution in [1.82, 2.24) is 10.3 Å². The molecular formula is C13H16N2O. The van der Waals surface area contributed by atoms with Crippen molar-refractivity contribution in [1.29, 1.82) is 0 Å². The number of benzene rings is 1. The van der Waals surface area contributed by atoms with E-state index < -0.39 is 0 Å². The topological polar surface area (TPSA) is 37.0 Å². The minimum Gasteiger partial charge on any atom is -0.375 e. The van der Waals surface area contributed by atoms with Crippen LogP contribution in [0.2, 0.25) is 0 Å². The summed E-state index contributed by atoms with van der Waals surface area (Å²) >= 11 is 0. The van der Waals surface area contributed by atoms with Crippen LogP contribution in [-0.4, -0.2) is 30.8 Å². The predicted molar refractivity (Wildman–Crippen MR) is 64.6 cm³/mol. The van der Waals surface area contributed by atoms with Gasteiger partial charge in [0.15, 0.2) is 0 Å². The van der Waals surface area contributed by atoms with Gasteiger partial charge in [0, 0.05) is 38.3 Å². The molecule has 3 rings (SSSR count). The molecule has 2 N–H and O–H groups in total. The predicted octanol–water partition coefficient (Wildman–Crippen LogP) is 1.70. The minimum absolute atomic E-state index is 0.0178. The van der Waals surface area contributed by atoms with E-state index in [4.69, 9.17) is 4.74 Å². The number of H-pyrrole nitrogens is 1. The lowest BCUT2D eigenvalue weighted by Crippen LogP contribution is -2.61. The lowest BCUT2D eigenvalue weighted by atomic mass is 9.88. The Morgan fingerprint density at radius 3 is 2.88 bits per heavy atom. The fraction of sp³-hybridized carbons (Fsp3) is 0.385. The fourth-order valence-electron chi connectivity index (χ4n) is 2.33. The van der Waals surface area contributed by atoms with Crippen LogP contribution in [0.15, 0.2) is 30.5 Å². The van der Waals surface area contributed by atoms with Gasteiger partial charge in [-0.2, -0.15) is 0 Å². The molecule has 1 saturated heterocycles. The minimum atomic E-state index is 0.0178. The molecule has 0 amide bonds. The van der Waals surface area contributed by atoms with Gasteiger partial charge in [-0.15, -0.1) is 0 Å². The van der Waals surface area contributed by atoms with Gasteiger partial charge in [-0.25, -0.2) is 0 Å². The molecule has 3 heteroatoms. The molecule has 1 aliphatic rings. The second-order valence-electron chi connectivity index (χ2n) is 4.57. The van der Waals surface area contributed by atoms with E-state index in [1.807, 2.05) is 6.20 Å². The highest BCUT2D eigenvalue weighted by Gasteiger charge is 2.36. The summed E-state index contributed by atoms with van der Waals surface area (Å²) in [5, 5.41) is 4.55. The molecule has 1 fully saturated rings. The lowest BCUT2D eigenvalue weighted by molar-refractivity contribution is -0.0502. The summed E-state index contributed by atoms with van der Waals surface area (Å²) in [6, 6.07) is 8.67. The Balaban J connectivity index is 1.88. The molecule has 0 unspecified atom stereocenters. The largest absolute Gasteiger partial charge is 0.375 e. The Morgan fingerprint density at radius 2 is 2.19 bits per heavy atom. The molecule has 2 heterocycles. The zero-order valence-corrected chi connectivity index (χ0v) is 9.42. The van der Waals surface area contributed by atoms with Gasteiger partial charge in [-0.05, 0) is 29.1 Å². The van der Waals surface area contributed by atoms with E-state index in [1.165, 1.54) is 16.5 Å². The van der Waals surface area contributed by atoms with Crippen molar-refractivity contribution in [2.45, 2.75) is 12.0 Å². The summed E-state index contributed by atoms with van der Waals surface area (Å²) in [6.07, 6.45) is 2.96. The number of aromatic nitrogens is 1. The van der Waals surface area contributed by atoms with E-state index in [0.29, 0.717) is 0 Å². The lowest BCUT2D eigenvalue weighted by Gasteiger charge is -2.41. The molecule has 1 aromatic carbocycles. The third kappa shape index (κ3) is 1.52. The summed E-state index contributed by atoms with van der Waals surface area (Å²) in [4.78, 5) is 3.21. The smallest absolute Gasteiger partial charge is 0.0966 e. The summed E-state index contributed by atoms with van der Waals surface area (Å²) in [5.41, 5.74) is 2.56. The molecule has 3 nitrogen and oxygen atoms in total. The standard InChI is InChI=1S/C13H16N2O/c1-16-13(8-14-9-13)7-10-2-3-12-11(6-10)4-5-15-12/h2-6,14-15H,7-9H2,1H3. The first kappa shape index (κ1) is 9.87. The molecule has 1 aliphatic heterocycles. The molecule has 84 valence electrons. The maximum atomic E-state index is 5.60. The van der Waals surface area contributed by atoms with E-state index in [0.717, 1.165) is 19.5 Å². The van der Waals surface area contributed by atoms with Gasteiger partial charge in [0.2, 0.25) is 0 Å². The van der Waals surface area contributed by atoms with Gasteiger partial charge >= 0.3 is 0 Å². The molecule has 0 atom stereocenters. The Kier molecular flexibility index (Phi) is 2.23. The molecule has 0 spiro atoms. The Labute approximate surface area is 94.8 Å². The van der Waals surface area contributed by atoms with Crippen LogP contribution in [0.1, 0.15) is 5.56 Å². The Bertz CT molecular complexity index is 494. The van der Waals surface area contributed by atoms with Crippen LogP contribution in [-0.2, 0) is 11.2 Å². The second-order valence-corrected chi connectivity index (χ2v) is 4.57. The Morgan fingerprint density at radius 1 is 1.31 bits per heavy atom. The zero-order chi connectivity index (χ0) is 11.0. The van der Waals surface area contributed by atoms with Gasteiger partial charge < -0.3 is 15.0 Å². The fourth-order valence-corrected chi connectivity index (χ4v) is 2.33. The number of hydrogen-bond donors (Lipinski definition) is 2. The van der Waals surface area contributed by atoms with Crippen LogP contribution in [0.25, 0.3) is 10.9 Å². The first-order chi connectivity index (χ1) is 7.81. The molecule has 0 aliphatic carbocycles. The van der Waals surface area contributed by atoms with E-state index in [-0.39, 0.29) is 5.60 Å². The highest BCUT2D eigenvalue weighted by atomic mass is 16.5. The summed E-state index contributed by atoms with van der Waals surface area (Å²) in [5.74, 6) is 0. The molecule has 16 heavy (non-hydrogen) atoms. The average Bonchev–Trinajstić information content (AvgIpc) is 2.70. The first-order valence-corrected chi connectivity index (χ1v) is 5.63. The molecule has 2 aromatic rings. The maximum Gasteiger partial charge on any atom is 0.0966 e. The third-order valence-corrected chi connectivity index (χ3v) is 3.47. The maximum absolute atomic E-state index is 5.60. The quantitative estimate of drug-likeness (QED) is 0.819. The van der Waals surface area contributed by atoms with Crippen molar-refractivity contribution < 1.29 is 4.74 Å². The van der Waals surface area contributed by atoms with Crippen LogP contribution >= 0.6 is 0 Å². The zero-order valence-electron chi connectivity index (χ0n) is 9.42. The molecule has 0 bridgehead atoms. The van der Waals surface area contributed by atoms with E-state index in [1.54, 1.807) is 7.11 Å². The van der Waals surface area contributed by atoms with E-state index in [2.05, 4.69) is 34.6 Å². The molecular weight excluding hydrogens is 200 g/mol. The van der Waals surface area contributed by atoms with Gasteiger partial charge in [0.05, 0.1) is 5.60 Å². The number of rotatable bonds is 3. The summed E-state index contributed by atoms with van der Waals surface area (Å²) in [7, 11) is 1.80. The number of aromatic amines is 1. The monoisotopic (exact) mass is 216 g/mol. The molecule has 0 radical (unpaired) electrons. The van der Waals surface area contributed by atoms with Crippen LogP contribution in [0.4, 0.5) is 0 Å². The van der Waals surface area contributed by atoms with E-state index >= 15 is 0 Å². The van der Waals surface area contributed by atoms with Gasteiger partial charge in [0.25, 0.3) is 0 Å². The first-order valence-electron chi connectivity index (χ1n) is 5.63. The number of nitrogens with one attached hydrogen (secondary N) is 2. The van der Waals surface area contributed by atoms with Crippen molar-refractivity contribution in [3.63, 3.8) is 0 Å². The van der Waals surface area contributed by atoms with E-state index in [9.17, 15) is 0 Å². The highest BCUT2D eigenvalue weighted by Crippen LogP contribution is 2.23. The van der Waals surface area contributed by atoms with Crippen LogP contribution in [0.3, 0.4) is 0 Å². The number of methoxy groups -OCH3 is 1. The van der Waals surface area contributed by atoms with Crippen molar-refractivity contribution in [2.75, 3.05) is 20.2 Å². The highest BCUT2D eigenvalue weighted by molar-refractivity contribution is 5.79. The molecule has 0 saturated carbocycles. The number of hydrogen-bond acceptors (Lipinski definition) is 2. The van der Waals surface area contributed by atoms with Gasteiger partial charge in [-0.3, -0.25) is 0 Å². The van der Waals surface area contributed by atoms with Crippen LogP contribution in [0.5, 0.6) is 0 Å². The Hall–Kier alpha value is -1.32. The van der Waals surface area contributed by atoms with Gasteiger partial charge in [0.1, 0.15) is 0 Å². The number of ether oxygens (including phenoxy) is 1. The molecule has 1 aromatic heterocycles. The SMILES string of the molecule is COC1(Cc2ccc3[nH]ccc3c2)CNC1. The van der Waals surface area contributed by atoms with Crippen molar-refractivity contribution in [3.05, 3.63) is 36.0 Å². The second kappa shape index (κ2) is 3.61. The van der Waals surface area contributed by atoms with Gasteiger partial charge in [-0.1, -0.05) is 6.07 Å². The van der Waals surface area contributed by atoms with Crippen LogP contribution in [0, 0.1) is 0 Å². The van der Waals surface area contributed by atoms with Crippen molar-refractivity contribution >= 4 is 10.9 Å². The van der Waals surface area contributed by atoms with Crippen molar-refractivity contribution in [2.24, 2.45) is 0 Å².